The quantitative estimate of drug-likeness (QED) is 0.776. The van der Waals surface area contributed by atoms with Gasteiger partial charge in [-0.3, -0.25) is 0 Å². The van der Waals surface area contributed by atoms with Crippen molar-refractivity contribution in [3.63, 3.8) is 0 Å². The number of nitrogens with one attached hydrogen (secondary N) is 1. The van der Waals surface area contributed by atoms with E-state index in [1.54, 1.807) is 6.07 Å². The molecule has 0 unspecified atom stereocenters. The largest absolute Gasteiger partial charge is 0.478 e. The summed E-state index contributed by atoms with van der Waals surface area (Å²) < 4.78 is 5.15. The molecule has 0 amide bonds. The van der Waals surface area contributed by atoms with Gasteiger partial charge in [0.25, 0.3) is 0 Å². The van der Waals surface area contributed by atoms with Crippen molar-refractivity contribution in [3.05, 3.63) is 23.7 Å². The molecule has 0 aromatic carbocycles. The second kappa shape index (κ2) is 4.29. The maximum Gasteiger partial charge on any atom is 0.338 e. The van der Waals surface area contributed by atoms with Crippen LogP contribution in [0.3, 0.4) is 0 Å². The summed E-state index contributed by atoms with van der Waals surface area (Å²) in [6.45, 7) is 3.81. The van der Waals surface area contributed by atoms with Crippen molar-refractivity contribution < 1.29 is 14.3 Å². The Morgan fingerprint density at radius 3 is 2.88 bits per heavy atom. The van der Waals surface area contributed by atoms with Crippen LogP contribution in [0.4, 0.5) is 0 Å². The number of carboxylic acids is 1. The van der Waals surface area contributed by atoms with Gasteiger partial charge in [-0.2, -0.15) is 0 Å². The van der Waals surface area contributed by atoms with Crippen LogP contribution < -0.4 is 5.32 Å². The summed E-state index contributed by atoms with van der Waals surface area (Å²) in [5.41, 5.74) is 0.718. The van der Waals surface area contributed by atoms with Gasteiger partial charge in [-0.25, -0.2) is 4.79 Å². The Labute approximate surface area is 94.6 Å². The van der Waals surface area contributed by atoms with E-state index >= 15 is 0 Å². The summed E-state index contributed by atoms with van der Waals surface area (Å²) >= 11 is 0. The Balaban J connectivity index is 1.79. The van der Waals surface area contributed by atoms with Crippen molar-refractivity contribution >= 4 is 5.97 Å². The second-order valence-electron chi connectivity index (χ2n) is 4.56. The van der Waals surface area contributed by atoms with Crippen LogP contribution >= 0.6 is 0 Å². The number of aromatic carboxylic acids is 1. The lowest BCUT2D eigenvalue weighted by molar-refractivity contribution is 0.0696. The molecule has 0 spiro atoms. The number of furan rings is 1. The Kier molecular flexibility index (Phi) is 3.01. The van der Waals surface area contributed by atoms with E-state index in [0.717, 1.165) is 6.54 Å². The van der Waals surface area contributed by atoms with E-state index in [-0.39, 0.29) is 5.56 Å². The van der Waals surface area contributed by atoms with E-state index in [1.165, 1.54) is 25.5 Å². The molecule has 1 heterocycles. The van der Waals surface area contributed by atoms with Gasteiger partial charge in [0.1, 0.15) is 12.0 Å². The number of rotatable bonds is 6. The van der Waals surface area contributed by atoms with E-state index in [9.17, 15) is 4.79 Å². The zero-order valence-corrected chi connectivity index (χ0v) is 9.45. The minimum absolute atomic E-state index is 0.216. The van der Waals surface area contributed by atoms with Gasteiger partial charge in [0.05, 0.1) is 12.1 Å². The van der Waals surface area contributed by atoms with Gasteiger partial charge in [-0.15, -0.1) is 0 Å². The fraction of sp³-hybridized carbons (Fsp3) is 0.583. The first-order valence-corrected chi connectivity index (χ1v) is 5.67. The predicted octanol–water partition coefficient (Wildman–Crippen LogP) is 2.26. The van der Waals surface area contributed by atoms with Crippen LogP contribution in [0.2, 0.25) is 0 Å². The van der Waals surface area contributed by atoms with Gasteiger partial charge in [-0.05, 0) is 30.7 Å². The summed E-state index contributed by atoms with van der Waals surface area (Å²) in [5.74, 6) is -0.258. The van der Waals surface area contributed by atoms with Gasteiger partial charge < -0.3 is 14.8 Å². The highest BCUT2D eigenvalue weighted by Gasteiger charge is 2.39. The average Bonchev–Trinajstić information content (AvgIpc) is 2.88. The molecule has 0 aliphatic heterocycles. The third-order valence-corrected chi connectivity index (χ3v) is 3.41. The van der Waals surface area contributed by atoms with E-state index < -0.39 is 5.97 Å². The molecule has 1 fully saturated rings. The third-order valence-electron chi connectivity index (χ3n) is 3.41. The van der Waals surface area contributed by atoms with E-state index in [0.29, 0.717) is 17.7 Å². The molecule has 1 saturated carbocycles. The first-order chi connectivity index (χ1) is 7.65. The van der Waals surface area contributed by atoms with Gasteiger partial charge >= 0.3 is 5.97 Å². The highest BCUT2D eigenvalue weighted by Crippen LogP contribution is 2.47. The van der Waals surface area contributed by atoms with Crippen LogP contribution in [0.5, 0.6) is 0 Å². The summed E-state index contributed by atoms with van der Waals surface area (Å²) in [7, 11) is 0. The lowest BCUT2D eigenvalue weighted by Crippen LogP contribution is -2.22. The van der Waals surface area contributed by atoms with Crippen LogP contribution in [0.15, 0.2) is 16.7 Å². The maximum absolute atomic E-state index is 10.6. The highest BCUT2D eigenvalue weighted by atomic mass is 16.4. The van der Waals surface area contributed by atoms with Crippen molar-refractivity contribution in [2.24, 2.45) is 5.41 Å². The fourth-order valence-corrected chi connectivity index (χ4v) is 1.87. The monoisotopic (exact) mass is 223 g/mol. The standard InChI is InChI=1S/C12H17NO3/c1-2-12(3-4-12)8-13-6-10-5-9(7-16-10)11(14)15/h5,7,13H,2-4,6,8H2,1H3,(H,14,15). The molecule has 1 aliphatic rings. The van der Waals surface area contributed by atoms with Crippen LogP contribution in [-0.2, 0) is 6.54 Å². The highest BCUT2D eigenvalue weighted by molar-refractivity contribution is 5.87. The van der Waals surface area contributed by atoms with Gasteiger partial charge in [0.15, 0.2) is 0 Å². The lowest BCUT2D eigenvalue weighted by Gasteiger charge is -2.12. The molecule has 0 saturated heterocycles. The smallest absolute Gasteiger partial charge is 0.338 e. The minimum Gasteiger partial charge on any atom is -0.478 e. The van der Waals surface area contributed by atoms with Crippen molar-refractivity contribution in [3.8, 4) is 0 Å². The summed E-state index contributed by atoms with van der Waals surface area (Å²) in [5, 5.41) is 12.0. The zero-order valence-electron chi connectivity index (χ0n) is 9.45. The lowest BCUT2D eigenvalue weighted by atomic mass is 10.0. The molecular formula is C12H17NO3. The number of hydrogen-bond acceptors (Lipinski definition) is 3. The van der Waals surface area contributed by atoms with Crippen LogP contribution in [0.25, 0.3) is 0 Å². The minimum atomic E-state index is -0.942. The van der Waals surface area contributed by atoms with Gasteiger partial charge in [0.2, 0.25) is 0 Å². The molecule has 16 heavy (non-hydrogen) atoms. The molecule has 1 aliphatic carbocycles. The average molecular weight is 223 g/mol. The summed E-state index contributed by atoms with van der Waals surface area (Å²) in [6, 6.07) is 1.57. The molecule has 4 heteroatoms. The first-order valence-electron chi connectivity index (χ1n) is 5.67. The Bertz CT molecular complexity index is 379. The fourth-order valence-electron chi connectivity index (χ4n) is 1.87. The third kappa shape index (κ3) is 2.44. The molecular weight excluding hydrogens is 206 g/mol. The Morgan fingerprint density at radius 1 is 1.62 bits per heavy atom. The van der Waals surface area contributed by atoms with Crippen LogP contribution in [0, 0.1) is 5.41 Å². The van der Waals surface area contributed by atoms with Crippen LogP contribution in [-0.4, -0.2) is 17.6 Å². The van der Waals surface area contributed by atoms with Crippen molar-refractivity contribution in [1.82, 2.24) is 5.32 Å². The van der Waals surface area contributed by atoms with Gasteiger partial charge in [0, 0.05) is 6.54 Å². The predicted molar refractivity (Wildman–Crippen MR) is 59.3 cm³/mol. The molecule has 0 atom stereocenters. The Hall–Kier alpha value is -1.29. The second-order valence-corrected chi connectivity index (χ2v) is 4.56. The maximum atomic E-state index is 10.6. The zero-order chi connectivity index (χ0) is 11.6. The van der Waals surface area contributed by atoms with Crippen molar-refractivity contribution in [1.29, 1.82) is 0 Å². The topological polar surface area (TPSA) is 62.5 Å². The SMILES string of the molecule is CCC1(CNCc2cc(C(=O)O)co2)CC1. The van der Waals surface area contributed by atoms with Crippen molar-refractivity contribution in [2.45, 2.75) is 32.7 Å². The first kappa shape index (κ1) is 11.2. The van der Waals surface area contributed by atoms with Gasteiger partial charge in [-0.1, -0.05) is 6.92 Å². The molecule has 0 radical (unpaired) electrons. The van der Waals surface area contributed by atoms with Crippen LogP contribution in [0.1, 0.15) is 42.3 Å². The van der Waals surface area contributed by atoms with E-state index in [1.807, 2.05) is 0 Å². The number of hydrogen-bond donors (Lipinski definition) is 2. The summed E-state index contributed by atoms with van der Waals surface area (Å²) in [6.07, 6.45) is 5.09. The molecule has 88 valence electrons. The molecule has 2 N–H and O–H groups in total. The molecule has 4 nitrogen and oxygen atoms in total. The molecule has 1 aromatic heterocycles. The Morgan fingerprint density at radius 2 is 2.38 bits per heavy atom. The van der Waals surface area contributed by atoms with Crippen molar-refractivity contribution in [2.75, 3.05) is 6.54 Å². The molecule has 1 aromatic rings. The van der Waals surface area contributed by atoms with E-state index in [4.69, 9.17) is 9.52 Å². The number of carbonyl (C=O) groups is 1. The molecule has 0 bridgehead atoms. The number of carboxylic acid groups (broad SMARTS) is 1. The molecule has 2 rings (SSSR count). The summed E-state index contributed by atoms with van der Waals surface area (Å²) in [4.78, 5) is 10.6. The normalized spacial score (nSPS) is 17.3. The van der Waals surface area contributed by atoms with E-state index in [2.05, 4.69) is 12.2 Å².